The van der Waals surface area contributed by atoms with E-state index in [1.54, 1.807) is 0 Å². The summed E-state index contributed by atoms with van der Waals surface area (Å²) in [5, 5.41) is 2.41. The van der Waals surface area contributed by atoms with E-state index in [1.807, 2.05) is 6.92 Å². The van der Waals surface area contributed by atoms with Crippen LogP contribution < -0.4 is 11.1 Å². The first kappa shape index (κ1) is 11.2. The number of hydrogen-bond donors (Lipinski definition) is 2. The number of ketones is 1. The van der Waals surface area contributed by atoms with E-state index in [2.05, 4.69) is 19.2 Å². The molecule has 4 nitrogen and oxygen atoms in total. The van der Waals surface area contributed by atoms with E-state index < -0.39 is 6.03 Å². The van der Waals surface area contributed by atoms with Crippen molar-refractivity contribution in [2.24, 2.45) is 22.5 Å². The molecule has 2 fully saturated rings. The highest BCUT2D eigenvalue weighted by molar-refractivity contribution is 6.04. The number of urea groups is 1. The average molecular weight is 222 g/mol. The zero-order valence-corrected chi connectivity index (χ0v) is 9.96. The highest BCUT2D eigenvalue weighted by Crippen LogP contribution is 2.65. The maximum atomic E-state index is 12.3. The molecule has 2 rings (SSSR count). The van der Waals surface area contributed by atoms with Crippen LogP contribution in [0.3, 0.4) is 0 Å². The molecule has 16 heavy (non-hydrogen) atoms. The van der Waals surface area contributed by atoms with Crippen LogP contribution in [-0.2, 0) is 4.79 Å². The predicted octanol–water partition coefficient (Wildman–Crippen LogP) is 1.56. The van der Waals surface area contributed by atoms with Gasteiger partial charge >= 0.3 is 6.03 Å². The third-order valence-corrected chi connectivity index (χ3v) is 4.73. The summed E-state index contributed by atoms with van der Waals surface area (Å²) in [5.74, 6) is 0.416. The van der Waals surface area contributed by atoms with E-state index in [0.717, 1.165) is 18.4 Å². The Labute approximate surface area is 95.3 Å². The van der Waals surface area contributed by atoms with Crippen LogP contribution in [0.2, 0.25) is 0 Å². The third-order valence-electron chi connectivity index (χ3n) is 4.73. The van der Waals surface area contributed by atoms with E-state index in [-0.39, 0.29) is 22.5 Å². The zero-order chi connectivity index (χ0) is 12.1. The summed E-state index contributed by atoms with van der Waals surface area (Å²) in [5.41, 5.74) is 5.45. The number of amides is 2. The molecule has 0 aliphatic heterocycles. The maximum Gasteiger partial charge on any atom is 0.316 e. The van der Waals surface area contributed by atoms with Crippen molar-refractivity contribution in [2.75, 3.05) is 0 Å². The standard InChI is InChI=1S/C12H18N2O2/c1-11(2)8-4-5-12(11,3)9(15)7(8)6-14-10(13)16/h6,8H,4-5H2,1-3H3,(H3,13,14,16)/b7-6+/t8-,12-/m0/s1. The lowest BCUT2D eigenvalue weighted by molar-refractivity contribution is -0.125. The fourth-order valence-electron chi connectivity index (χ4n) is 3.24. The van der Waals surface area contributed by atoms with Gasteiger partial charge in [-0.05, 0) is 24.2 Å². The second kappa shape index (κ2) is 3.09. The van der Waals surface area contributed by atoms with Crippen molar-refractivity contribution < 1.29 is 9.59 Å². The summed E-state index contributed by atoms with van der Waals surface area (Å²) in [6.07, 6.45) is 3.46. The van der Waals surface area contributed by atoms with Crippen LogP contribution in [0.1, 0.15) is 33.6 Å². The molecule has 0 heterocycles. The molecular formula is C12H18N2O2. The molecule has 2 bridgehead atoms. The van der Waals surface area contributed by atoms with Crippen molar-refractivity contribution in [1.29, 1.82) is 0 Å². The van der Waals surface area contributed by atoms with Gasteiger partial charge in [0.05, 0.1) is 0 Å². The van der Waals surface area contributed by atoms with Crippen molar-refractivity contribution in [3.8, 4) is 0 Å². The average Bonchev–Trinajstić information content (AvgIpc) is 2.47. The topological polar surface area (TPSA) is 72.2 Å². The van der Waals surface area contributed by atoms with E-state index in [9.17, 15) is 9.59 Å². The molecule has 4 heteroatoms. The van der Waals surface area contributed by atoms with Crippen molar-refractivity contribution in [3.05, 3.63) is 11.8 Å². The lowest BCUT2D eigenvalue weighted by Gasteiger charge is -2.31. The Morgan fingerprint density at radius 3 is 2.56 bits per heavy atom. The molecule has 0 spiro atoms. The molecule has 2 atom stereocenters. The van der Waals surface area contributed by atoms with Crippen molar-refractivity contribution >= 4 is 11.8 Å². The van der Waals surface area contributed by atoms with Crippen LogP contribution in [0, 0.1) is 16.7 Å². The SMILES string of the molecule is CC1(C)[C@H]2CC[C@@]1(C)C(=O)/C2=C/NC(N)=O. The fraction of sp³-hybridized carbons (Fsp3) is 0.667. The summed E-state index contributed by atoms with van der Waals surface area (Å²) in [7, 11) is 0. The Morgan fingerprint density at radius 1 is 1.50 bits per heavy atom. The molecule has 0 saturated heterocycles. The predicted molar refractivity (Wildman–Crippen MR) is 60.4 cm³/mol. The van der Waals surface area contributed by atoms with Gasteiger partial charge < -0.3 is 11.1 Å². The smallest absolute Gasteiger partial charge is 0.316 e. The molecule has 0 aromatic rings. The lowest BCUT2D eigenvalue weighted by Crippen LogP contribution is -2.32. The minimum Gasteiger partial charge on any atom is -0.351 e. The molecule has 2 saturated carbocycles. The van der Waals surface area contributed by atoms with Crippen molar-refractivity contribution in [1.82, 2.24) is 5.32 Å². The Hall–Kier alpha value is -1.32. The first-order valence-corrected chi connectivity index (χ1v) is 5.61. The van der Waals surface area contributed by atoms with Crippen molar-refractivity contribution in [2.45, 2.75) is 33.6 Å². The number of nitrogens with two attached hydrogens (primary N) is 1. The van der Waals surface area contributed by atoms with Gasteiger partial charge in [0.1, 0.15) is 0 Å². The van der Waals surface area contributed by atoms with Gasteiger partial charge in [0.15, 0.2) is 5.78 Å². The van der Waals surface area contributed by atoms with E-state index >= 15 is 0 Å². The van der Waals surface area contributed by atoms with Crippen LogP contribution >= 0.6 is 0 Å². The van der Waals surface area contributed by atoms with Gasteiger partial charge in [0.25, 0.3) is 0 Å². The fourth-order valence-corrected chi connectivity index (χ4v) is 3.24. The summed E-state index contributed by atoms with van der Waals surface area (Å²) in [4.78, 5) is 22.9. The monoisotopic (exact) mass is 222 g/mol. The highest BCUT2D eigenvalue weighted by Gasteiger charge is 2.63. The van der Waals surface area contributed by atoms with Crippen LogP contribution in [0.25, 0.3) is 0 Å². The van der Waals surface area contributed by atoms with Gasteiger partial charge in [-0.15, -0.1) is 0 Å². The van der Waals surface area contributed by atoms with E-state index in [1.165, 1.54) is 6.20 Å². The quantitative estimate of drug-likeness (QED) is 0.661. The molecule has 2 aliphatic rings. The molecule has 0 radical (unpaired) electrons. The van der Waals surface area contributed by atoms with Gasteiger partial charge in [-0.25, -0.2) is 4.79 Å². The Kier molecular flexibility index (Phi) is 2.16. The van der Waals surface area contributed by atoms with E-state index in [0.29, 0.717) is 0 Å². The zero-order valence-electron chi connectivity index (χ0n) is 9.96. The molecule has 0 aromatic heterocycles. The molecule has 0 unspecified atom stereocenters. The van der Waals surface area contributed by atoms with E-state index in [4.69, 9.17) is 5.73 Å². The minimum absolute atomic E-state index is 0.0186. The number of rotatable bonds is 1. The van der Waals surface area contributed by atoms with Gasteiger partial charge in [-0.2, -0.15) is 0 Å². The molecular weight excluding hydrogens is 204 g/mol. The van der Waals surface area contributed by atoms with Gasteiger partial charge in [-0.3, -0.25) is 4.79 Å². The first-order chi connectivity index (χ1) is 7.30. The lowest BCUT2D eigenvalue weighted by atomic mass is 9.70. The minimum atomic E-state index is -0.619. The normalized spacial score (nSPS) is 38.1. The van der Waals surface area contributed by atoms with Crippen LogP contribution in [0.4, 0.5) is 4.79 Å². The second-order valence-electron chi connectivity index (χ2n) is 5.58. The van der Waals surface area contributed by atoms with Gasteiger partial charge in [0, 0.05) is 17.2 Å². The van der Waals surface area contributed by atoms with Crippen LogP contribution in [0.15, 0.2) is 11.8 Å². The largest absolute Gasteiger partial charge is 0.351 e. The number of Topliss-reactive ketones (excluding diaryl/α,β-unsaturated/α-hetero) is 1. The summed E-state index contributed by atoms with van der Waals surface area (Å²) in [6, 6.07) is -0.619. The Bertz CT molecular complexity index is 398. The third kappa shape index (κ3) is 1.16. The Morgan fingerprint density at radius 2 is 2.12 bits per heavy atom. The second-order valence-corrected chi connectivity index (χ2v) is 5.58. The van der Waals surface area contributed by atoms with Crippen LogP contribution in [-0.4, -0.2) is 11.8 Å². The number of carbonyl (C=O) groups excluding carboxylic acids is 2. The molecule has 0 aromatic carbocycles. The van der Waals surface area contributed by atoms with Gasteiger partial charge in [-0.1, -0.05) is 20.8 Å². The summed E-state index contributed by atoms with van der Waals surface area (Å²) in [6.45, 7) is 6.29. The number of fused-ring (bicyclic) bond motifs is 2. The maximum absolute atomic E-state index is 12.3. The highest BCUT2D eigenvalue weighted by atomic mass is 16.2. The molecule has 88 valence electrons. The number of nitrogens with one attached hydrogen (secondary N) is 1. The Balaban J connectivity index is 2.37. The number of primary amides is 1. The summed E-state index contributed by atoms with van der Waals surface area (Å²) < 4.78 is 0. The number of hydrogen-bond acceptors (Lipinski definition) is 2. The first-order valence-electron chi connectivity index (χ1n) is 5.61. The number of allylic oxidation sites excluding steroid dienone is 1. The number of carbonyl (C=O) groups is 2. The van der Waals surface area contributed by atoms with Crippen LogP contribution in [0.5, 0.6) is 0 Å². The molecule has 2 aliphatic carbocycles. The van der Waals surface area contributed by atoms with Crippen molar-refractivity contribution in [3.63, 3.8) is 0 Å². The molecule has 2 amide bonds. The molecule has 3 N–H and O–H groups in total. The summed E-state index contributed by atoms with van der Waals surface area (Å²) >= 11 is 0. The van der Waals surface area contributed by atoms with Gasteiger partial charge in [0.2, 0.25) is 0 Å².